The zero-order valence-corrected chi connectivity index (χ0v) is 9.90. The van der Waals surface area contributed by atoms with E-state index in [-0.39, 0.29) is 6.10 Å². The Morgan fingerprint density at radius 3 is 2.62 bits per heavy atom. The highest BCUT2D eigenvalue weighted by atomic mass is 16.5. The molecule has 1 saturated heterocycles. The van der Waals surface area contributed by atoms with Crippen LogP contribution in [-0.2, 0) is 4.74 Å². The van der Waals surface area contributed by atoms with Gasteiger partial charge in [-0.15, -0.1) is 0 Å². The first kappa shape index (κ1) is 11.4. The third-order valence-corrected chi connectivity index (χ3v) is 3.07. The van der Waals surface area contributed by atoms with Crippen molar-refractivity contribution in [3.63, 3.8) is 0 Å². The van der Waals surface area contributed by atoms with Crippen LogP contribution >= 0.6 is 0 Å². The maximum absolute atomic E-state index is 5.84. The molecular formula is C13H19NO2. The molecule has 0 saturated carbocycles. The van der Waals surface area contributed by atoms with E-state index in [0.717, 1.165) is 25.3 Å². The summed E-state index contributed by atoms with van der Waals surface area (Å²) >= 11 is 0. The van der Waals surface area contributed by atoms with Gasteiger partial charge < -0.3 is 14.8 Å². The van der Waals surface area contributed by atoms with Crippen LogP contribution in [0.5, 0.6) is 5.75 Å². The normalized spacial score (nSPS) is 25.4. The van der Waals surface area contributed by atoms with E-state index in [9.17, 15) is 0 Å². The molecule has 3 heteroatoms. The summed E-state index contributed by atoms with van der Waals surface area (Å²) in [4.78, 5) is 0. The van der Waals surface area contributed by atoms with Crippen molar-refractivity contribution >= 4 is 0 Å². The number of methoxy groups -OCH3 is 1. The molecule has 88 valence electrons. The predicted molar refractivity (Wildman–Crippen MR) is 63.8 cm³/mol. The lowest BCUT2D eigenvalue weighted by molar-refractivity contribution is 0.00221. The van der Waals surface area contributed by atoms with Gasteiger partial charge in [-0.2, -0.15) is 0 Å². The number of hydrogen-bond donors (Lipinski definition) is 1. The number of rotatable bonds is 3. The van der Waals surface area contributed by atoms with Gasteiger partial charge in [0, 0.05) is 12.6 Å². The fourth-order valence-electron chi connectivity index (χ4n) is 1.92. The molecule has 1 aliphatic heterocycles. The minimum absolute atomic E-state index is 0.175. The van der Waals surface area contributed by atoms with Crippen molar-refractivity contribution in [2.45, 2.75) is 25.5 Å². The maximum atomic E-state index is 5.84. The predicted octanol–water partition coefficient (Wildman–Crippen LogP) is 2.13. The number of ether oxygens (including phenoxy) is 2. The van der Waals surface area contributed by atoms with Crippen molar-refractivity contribution in [3.05, 3.63) is 29.8 Å². The summed E-state index contributed by atoms with van der Waals surface area (Å²) in [6.45, 7) is 3.87. The van der Waals surface area contributed by atoms with Crippen molar-refractivity contribution in [2.24, 2.45) is 0 Å². The second-order valence-corrected chi connectivity index (χ2v) is 4.11. The number of benzene rings is 1. The zero-order chi connectivity index (χ0) is 11.4. The Bertz CT molecular complexity index is 315. The number of nitrogens with one attached hydrogen (secondary N) is 1. The molecule has 2 unspecified atom stereocenters. The number of morpholine rings is 1. The van der Waals surface area contributed by atoms with Gasteiger partial charge in [-0.1, -0.05) is 19.1 Å². The highest BCUT2D eigenvalue weighted by molar-refractivity contribution is 5.28. The molecule has 3 nitrogen and oxygen atoms in total. The Hall–Kier alpha value is -1.06. The first-order valence-corrected chi connectivity index (χ1v) is 5.82. The summed E-state index contributed by atoms with van der Waals surface area (Å²) in [6, 6.07) is 8.60. The van der Waals surface area contributed by atoms with Gasteiger partial charge in [0.25, 0.3) is 0 Å². The van der Waals surface area contributed by atoms with Crippen LogP contribution in [0.4, 0.5) is 0 Å². The minimum Gasteiger partial charge on any atom is -0.497 e. The summed E-state index contributed by atoms with van der Waals surface area (Å²) in [5, 5.41) is 3.49. The smallest absolute Gasteiger partial charge is 0.118 e. The molecule has 0 radical (unpaired) electrons. The first-order valence-electron chi connectivity index (χ1n) is 5.82. The van der Waals surface area contributed by atoms with Gasteiger partial charge in [0.1, 0.15) is 5.75 Å². The lowest BCUT2D eigenvalue weighted by Gasteiger charge is -2.30. The highest BCUT2D eigenvalue weighted by Gasteiger charge is 2.20. The fraction of sp³-hybridized carbons (Fsp3) is 0.538. The lowest BCUT2D eigenvalue weighted by atomic mass is 10.1. The van der Waals surface area contributed by atoms with Crippen molar-refractivity contribution in [3.8, 4) is 5.75 Å². The molecule has 0 bridgehead atoms. The molecule has 1 aromatic carbocycles. The quantitative estimate of drug-likeness (QED) is 0.848. The van der Waals surface area contributed by atoms with Gasteiger partial charge in [0.2, 0.25) is 0 Å². The summed E-state index contributed by atoms with van der Waals surface area (Å²) < 4.78 is 11.0. The summed E-state index contributed by atoms with van der Waals surface area (Å²) in [5.74, 6) is 0.888. The molecule has 16 heavy (non-hydrogen) atoms. The summed E-state index contributed by atoms with van der Waals surface area (Å²) in [5.41, 5.74) is 1.21. The van der Waals surface area contributed by atoms with Crippen molar-refractivity contribution in [1.29, 1.82) is 0 Å². The van der Waals surface area contributed by atoms with Crippen LogP contribution in [0.25, 0.3) is 0 Å². The van der Waals surface area contributed by atoms with Gasteiger partial charge in [0.05, 0.1) is 19.8 Å². The third kappa shape index (κ3) is 2.54. The lowest BCUT2D eigenvalue weighted by Crippen LogP contribution is -2.42. The van der Waals surface area contributed by atoms with Gasteiger partial charge in [-0.05, 0) is 24.1 Å². The van der Waals surface area contributed by atoms with Crippen molar-refractivity contribution in [1.82, 2.24) is 5.32 Å². The molecule has 0 amide bonds. The molecule has 1 aliphatic rings. The number of hydrogen-bond acceptors (Lipinski definition) is 3. The monoisotopic (exact) mass is 221 g/mol. The standard InChI is InChI=1S/C13H19NO2/c1-3-11-9-16-13(8-14-11)10-4-6-12(15-2)7-5-10/h4-7,11,13-14H,3,8-9H2,1-2H3. The van der Waals surface area contributed by atoms with Gasteiger partial charge in [0.15, 0.2) is 0 Å². The molecule has 1 aromatic rings. The Balaban J connectivity index is 1.97. The van der Waals surface area contributed by atoms with Crippen LogP contribution in [0.15, 0.2) is 24.3 Å². The van der Waals surface area contributed by atoms with E-state index in [1.807, 2.05) is 12.1 Å². The molecule has 1 fully saturated rings. The Kier molecular flexibility index (Phi) is 3.80. The van der Waals surface area contributed by atoms with E-state index in [1.165, 1.54) is 5.56 Å². The highest BCUT2D eigenvalue weighted by Crippen LogP contribution is 2.22. The van der Waals surface area contributed by atoms with E-state index in [1.54, 1.807) is 7.11 Å². The van der Waals surface area contributed by atoms with Gasteiger partial charge >= 0.3 is 0 Å². The fourth-order valence-corrected chi connectivity index (χ4v) is 1.92. The van der Waals surface area contributed by atoms with Crippen LogP contribution in [0.1, 0.15) is 25.0 Å². The molecule has 1 heterocycles. The van der Waals surface area contributed by atoms with Crippen LogP contribution in [0, 0.1) is 0 Å². The average molecular weight is 221 g/mol. The van der Waals surface area contributed by atoms with Crippen molar-refractivity contribution in [2.75, 3.05) is 20.3 Å². The topological polar surface area (TPSA) is 30.5 Å². The van der Waals surface area contributed by atoms with Crippen LogP contribution in [-0.4, -0.2) is 26.3 Å². The molecule has 0 spiro atoms. The maximum Gasteiger partial charge on any atom is 0.118 e. The third-order valence-electron chi connectivity index (χ3n) is 3.07. The second-order valence-electron chi connectivity index (χ2n) is 4.11. The Morgan fingerprint density at radius 1 is 1.38 bits per heavy atom. The molecule has 1 N–H and O–H groups in total. The Labute approximate surface area is 96.8 Å². The van der Waals surface area contributed by atoms with E-state index in [4.69, 9.17) is 9.47 Å². The van der Waals surface area contributed by atoms with Crippen LogP contribution in [0.3, 0.4) is 0 Å². The largest absolute Gasteiger partial charge is 0.497 e. The van der Waals surface area contributed by atoms with E-state index < -0.39 is 0 Å². The SMILES string of the molecule is CCC1COC(c2ccc(OC)cc2)CN1. The molecule has 0 aromatic heterocycles. The van der Waals surface area contributed by atoms with Crippen molar-refractivity contribution < 1.29 is 9.47 Å². The first-order chi connectivity index (χ1) is 7.83. The van der Waals surface area contributed by atoms with Crippen LogP contribution < -0.4 is 10.1 Å². The molecule has 2 rings (SSSR count). The van der Waals surface area contributed by atoms with E-state index >= 15 is 0 Å². The molecule has 2 atom stereocenters. The molecular weight excluding hydrogens is 202 g/mol. The second kappa shape index (κ2) is 5.32. The summed E-state index contributed by atoms with van der Waals surface area (Å²) in [7, 11) is 1.68. The van der Waals surface area contributed by atoms with Crippen LogP contribution in [0.2, 0.25) is 0 Å². The zero-order valence-electron chi connectivity index (χ0n) is 9.90. The van der Waals surface area contributed by atoms with E-state index in [0.29, 0.717) is 6.04 Å². The van der Waals surface area contributed by atoms with Gasteiger partial charge in [-0.3, -0.25) is 0 Å². The minimum atomic E-state index is 0.175. The summed E-state index contributed by atoms with van der Waals surface area (Å²) in [6.07, 6.45) is 1.30. The van der Waals surface area contributed by atoms with E-state index in [2.05, 4.69) is 24.4 Å². The van der Waals surface area contributed by atoms with Gasteiger partial charge in [-0.25, -0.2) is 0 Å². The average Bonchev–Trinajstić information content (AvgIpc) is 2.39. The Morgan fingerprint density at radius 2 is 2.12 bits per heavy atom. The molecule has 0 aliphatic carbocycles.